The van der Waals surface area contributed by atoms with Crippen molar-refractivity contribution in [2.45, 2.75) is 12.6 Å². The van der Waals surface area contributed by atoms with Crippen molar-refractivity contribution in [2.75, 3.05) is 7.11 Å². The lowest BCUT2D eigenvalue weighted by Gasteiger charge is -2.20. The lowest BCUT2D eigenvalue weighted by molar-refractivity contribution is -0.122. The number of hydrogen-bond acceptors (Lipinski definition) is 6. The second-order valence-corrected chi connectivity index (χ2v) is 7.25. The summed E-state index contributed by atoms with van der Waals surface area (Å²) < 4.78 is 5.23. The fraction of sp³-hybridized carbons (Fsp3) is 0.143. The molecule has 29 heavy (non-hydrogen) atoms. The van der Waals surface area contributed by atoms with Crippen LogP contribution in [0.5, 0.6) is 5.75 Å². The van der Waals surface area contributed by atoms with Gasteiger partial charge in [-0.3, -0.25) is 4.79 Å². The van der Waals surface area contributed by atoms with Crippen LogP contribution in [0.1, 0.15) is 17.2 Å². The van der Waals surface area contributed by atoms with E-state index in [1.54, 1.807) is 7.11 Å². The highest BCUT2D eigenvalue weighted by Gasteiger charge is 2.18. The summed E-state index contributed by atoms with van der Waals surface area (Å²) in [6.45, 7) is -0.0160. The second kappa shape index (κ2) is 8.66. The molecule has 0 aliphatic carbocycles. The van der Waals surface area contributed by atoms with Crippen LogP contribution in [0.25, 0.3) is 10.7 Å². The van der Waals surface area contributed by atoms with Crippen LogP contribution >= 0.6 is 11.3 Å². The molecule has 0 spiro atoms. The van der Waals surface area contributed by atoms with E-state index >= 15 is 0 Å². The summed E-state index contributed by atoms with van der Waals surface area (Å²) >= 11 is 1.53. The number of amides is 1. The number of thiophene rings is 1. The Morgan fingerprint density at radius 3 is 2.52 bits per heavy atom. The molecule has 2 aromatic carbocycles. The zero-order chi connectivity index (χ0) is 20.1. The van der Waals surface area contributed by atoms with Gasteiger partial charge in [0.1, 0.15) is 12.3 Å². The fourth-order valence-corrected chi connectivity index (χ4v) is 3.60. The zero-order valence-corrected chi connectivity index (χ0v) is 16.5. The Morgan fingerprint density at radius 1 is 1.07 bits per heavy atom. The molecule has 1 N–H and O–H groups in total. The molecular weight excluding hydrogens is 386 g/mol. The maximum absolute atomic E-state index is 12.7. The lowest BCUT2D eigenvalue weighted by atomic mass is 9.98. The topological polar surface area (TPSA) is 81.9 Å². The summed E-state index contributed by atoms with van der Waals surface area (Å²) in [5, 5.41) is 17.3. The van der Waals surface area contributed by atoms with Crippen LogP contribution in [0.3, 0.4) is 0 Å². The van der Waals surface area contributed by atoms with Gasteiger partial charge in [0.15, 0.2) is 0 Å². The van der Waals surface area contributed by atoms with Gasteiger partial charge < -0.3 is 10.1 Å². The first-order chi connectivity index (χ1) is 14.2. The number of nitrogens with zero attached hydrogens (tertiary/aromatic N) is 4. The molecule has 0 aliphatic rings. The number of aromatic nitrogens is 4. The highest BCUT2D eigenvalue weighted by atomic mass is 32.1. The van der Waals surface area contributed by atoms with E-state index in [-0.39, 0.29) is 18.5 Å². The van der Waals surface area contributed by atoms with Crippen LogP contribution in [-0.4, -0.2) is 33.2 Å². The highest BCUT2D eigenvalue weighted by molar-refractivity contribution is 7.13. The number of nitrogens with one attached hydrogen (secondary N) is 1. The first-order valence-corrected chi connectivity index (χ1v) is 9.91. The van der Waals surface area contributed by atoms with Gasteiger partial charge in [0.25, 0.3) is 0 Å². The summed E-state index contributed by atoms with van der Waals surface area (Å²) in [5.74, 6) is 1.08. The van der Waals surface area contributed by atoms with E-state index in [4.69, 9.17) is 4.74 Å². The van der Waals surface area contributed by atoms with Gasteiger partial charge in [0.05, 0.1) is 18.0 Å². The van der Waals surface area contributed by atoms with E-state index < -0.39 is 0 Å². The molecule has 146 valence electrons. The number of carbonyl (C=O) groups excluding carboxylic acids is 1. The minimum absolute atomic E-state index is 0.0160. The van der Waals surface area contributed by atoms with Crippen molar-refractivity contribution < 1.29 is 9.53 Å². The van der Waals surface area contributed by atoms with E-state index in [1.807, 2.05) is 72.1 Å². The van der Waals surface area contributed by atoms with Crippen LogP contribution in [0.15, 0.2) is 72.1 Å². The first-order valence-electron chi connectivity index (χ1n) is 9.03. The van der Waals surface area contributed by atoms with Gasteiger partial charge in [0.2, 0.25) is 11.7 Å². The van der Waals surface area contributed by atoms with Crippen LogP contribution in [-0.2, 0) is 11.3 Å². The third-order valence-corrected chi connectivity index (χ3v) is 5.23. The number of tetrazole rings is 1. The molecule has 0 unspecified atom stereocenters. The van der Waals surface area contributed by atoms with E-state index in [0.29, 0.717) is 5.82 Å². The maximum Gasteiger partial charge on any atom is 0.244 e. The van der Waals surface area contributed by atoms with Gasteiger partial charge >= 0.3 is 0 Å². The SMILES string of the molecule is COc1ccc([C@H](NC(=O)Cn2nnc(-c3cccs3)n2)c2ccccc2)cc1. The average Bonchev–Trinajstić information content (AvgIpc) is 3.45. The van der Waals surface area contributed by atoms with Gasteiger partial charge in [-0.15, -0.1) is 21.5 Å². The van der Waals surface area contributed by atoms with Gasteiger partial charge in [-0.05, 0) is 39.9 Å². The molecule has 4 aromatic rings. The molecule has 1 amide bonds. The standard InChI is InChI=1S/C21H19N5O2S/c1-28-17-11-9-16(10-12-17)20(15-6-3-2-4-7-15)22-19(27)14-26-24-21(23-25-26)18-8-5-13-29-18/h2-13,20H,14H2,1H3,(H,22,27)/t20-/m1/s1. The summed E-state index contributed by atoms with van der Waals surface area (Å²) in [4.78, 5) is 14.9. The Morgan fingerprint density at radius 2 is 1.83 bits per heavy atom. The van der Waals surface area contributed by atoms with Crippen molar-refractivity contribution in [3.8, 4) is 16.5 Å². The van der Waals surface area contributed by atoms with Gasteiger partial charge in [-0.25, -0.2) is 0 Å². The van der Waals surface area contributed by atoms with Crippen molar-refractivity contribution in [2.24, 2.45) is 0 Å². The smallest absolute Gasteiger partial charge is 0.244 e. The molecule has 0 saturated carbocycles. The second-order valence-electron chi connectivity index (χ2n) is 6.31. The number of carbonyl (C=O) groups is 1. The minimum Gasteiger partial charge on any atom is -0.497 e. The van der Waals surface area contributed by atoms with Crippen molar-refractivity contribution >= 4 is 17.2 Å². The minimum atomic E-state index is -0.296. The Balaban J connectivity index is 1.51. The third kappa shape index (κ3) is 4.49. The molecule has 8 heteroatoms. The van der Waals surface area contributed by atoms with Crippen LogP contribution in [0.2, 0.25) is 0 Å². The monoisotopic (exact) mass is 405 g/mol. The Labute approximate surface area is 172 Å². The van der Waals surface area contributed by atoms with Crippen LogP contribution in [0.4, 0.5) is 0 Å². The summed E-state index contributed by atoms with van der Waals surface area (Å²) in [6, 6.07) is 21.0. The number of methoxy groups -OCH3 is 1. The molecule has 4 rings (SSSR count). The third-order valence-electron chi connectivity index (χ3n) is 4.37. The predicted octanol–water partition coefficient (Wildman–Crippen LogP) is 3.32. The molecule has 1 atom stereocenters. The molecule has 2 aromatic heterocycles. The molecule has 0 saturated heterocycles. The lowest BCUT2D eigenvalue weighted by Crippen LogP contribution is -2.32. The average molecular weight is 405 g/mol. The predicted molar refractivity (Wildman–Crippen MR) is 111 cm³/mol. The summed E-state index contributed by atoms with van der Waals surface area (Å²) in [5.41, 5.74) is 1.94. The molecule has 0 fully saturated rings. The molecular formula is C21H19N5O2S. The molecule has 0 bridgehead atoms. The van der Waals surface area contributed by atoms with Crippen LogP contribution in [0, 0.1) is 0 Å². The van der Waals surface area contributed by atoms with Gasteiger partial charge in [-0.1, -0.05) is 48.5 Å². The molecule has 7 nitrogen and oxygen atoms in total. The molecule has 2 heterocycles. The van der Waals surface area contributed by atoms with E-state index in [0.717, 1.165) is 21.8 Å². The number of hydrogen-bond donors (Lipinski definition) is 1. The fourth-order valence-electron chi connectivity index (χ4n) is 2.95. The highest BCUT2D eigenvalue weighted by Crippen LogP contribution is 2.24. The quantitative estimate of drug-likeness (QED) is 0.510. The van der Waals surface area contributed by atoms with E-state index in [9.17, 15) is 4.79 Å². The Hall–Kier alpha value is -3.52. The van der Waals surface area contributed by atoms with E-state index in [2.05, 4.69) is 20.7 Å². The normalized spacial score (nSPS) is 11.8. The number of rotatable bonds is 7. The van der Waals surface area contributed by atoms with Gasteiger partial charge in [-0.2, -0.15) is 4.80 Å². The van der Waals surface area contributed by atoms with Crippen molar-refractivity contribution in [3.63, 3.8) is 0 Å². The molecule has 0 radical (unpaired) electrons. The summed E-state index contributed by atoms with van der Waals surface area (Å²) in [6.07, 6.45) is 0. The summed E-state index contributed by atoms with van der Waals surface area (Å²) in [7, 11) is 1.63. The van der Waals surface area contributed by atoms with Crippen LogP contribution < -0.4 is 10.1 Å². The Kier molecular flexibility index (Phi) is 5.62. The zero-order valence-electron chi connectivity index (χ0n) is 15.7. The van der Waals surface area contributed by atoms with Crippen molar-refractivity contribution in [1.29, 1.82) is 0 Å². The molecule has 0 aliphatic heterocycles. The van der Waals surface area contributed by atoms with Gasteiger partial charge in [0, 0.05) is 0 Å². The van der Waals surface area contributed by atoms with Crippen molar-refractivity contribution in [3.05, 3.63) is 83.2 Å². The largest absolute Gasteiger partial charge is 0.497 e. The number of benzene rings is 2. The maximum atomic E-state index is 12.7. The van der Waals surface area contributed by atoms with Crippen molar-refractivity contribution in [1.82, 2.24) is 25.5 Å². The Bertz CT molecular complexity index is 1060. The number of ether oxygens (including phenoxy) is 1. The van der Waals surface area contributed by atoms with E-state index in [1.165, 1.54) is 16.1 Å². The first kappa shape index (κ1) is 18.8.